The standard InChI is InChI=1S/C18H26N4/c1-4-5-9-12-19-17-13-18(21-15(2)20-17)22(3)14-16-10-7-6-8-11-16/h6-8,10-11,13H,4-5,9,12,14H2,1-3H3,(H,19,20,21). The van der Waals surface area contributed by atoms with Gasteiger partial charge in [-0.1, -0.05) is 50.1 Å². The van der Waals surface area contributed by atoms with Gasteiger partial charge >= 0.3 is 0 Å². The fourth-order valence-electron chi connectivity index (χ4n) is 2.37. The van der Waals surface area contributed by atoms with E-state index >= 15 is 0 Å². The zero-order valence-corrected chi connectivity index (χ0v) is 13.8. The Bertz CT molecular complexity index is 569. The van der Waals surface area contributed by atoms with E-state index in [0.717, 1.165) is 30.5 Å². The Morgan fingerprint density at radius 2 is 1.86 bits per heavy atom. The van der Waals surface area contributed by atoms with Crippen LogP contribution in [-0.2, 0) is 6.54 Å². The van der Waals surface area contributed by atoms with Crippen molar-refractivity contribution in [3.63, 3.8) is 0 Å². The summed E-state index contributed by atoms with van der Waals surface area (Å²) in [7, 11) is 2.07. The molecule has 4 nitrogen and oxygen atoms in total. The highest BCUT2D eigenvalue weighted by Crippen LogP contribution is 2.17. The minimum absolute atomic E-state index is 0.801. The van der Waals surface area contributed by atoms with Crippen LogP contribution in [0.15, 0.2) is 36.4 Å². The fraction of sp³-hybridized carbons (Fsp3) is 0.444. The normalized spacial score (nSPS) is 10.5. The molecule has 22 heavy (non-hydrogen) atoms. The molecule has 0 bridgehead atoms. The molecule has 0 fully saturated rings. The van der Waals surface area contributed by atoms with Gasteiger partial charge in [-0.2, -0.15) is 0 Å². The molecule has 0 amide bonds. The highest BCUT2D eigenvalue weighted by Gasteiger charge is 2.07. The number of anilines is 2. The molecule has 0 aliphatic rings. The lowest BCUT2D eigenvalue weighted by atomic mass is 10.2. The second-order valence-electron chi connectivity index (χ2n) is 5.63. The molecule has 2 aromatic rings. The summed E-state index contributed by atoms with van der Waals surface area (Å²) in [4.78, 5) is 11.2. The Morgan fingerprint density at radius 1 is 1.09 bits per heavy atom. The Hall–Kier alpha value is -2.10. The van der Waals surface area contributed by atoms with Gasteiger partial charge in [-0.3, -0.25) is 0 Å². The van der Waals surface area contributed by atoms with E-state index in [1.807, 2.05) is 19.1 Å². The van der Waals surface area contributed by atoms with Gasteiger partial charge in [0.2, 0.25) is 0 Å². The fourth-order valence-corrected chi connectivity index (χ4v) is 2.37. The number of rotatable bonds is 8. The number of aromatic nitrogens is 2. The van der Waals surface area contributed by atoms with Gasteiger partial charge in [0.05, 0.1) is 0 Å². The van der Waals surface area contributed by atoms with Crippen LogP contribution >= 0.6 is 0 Å². The number of unbranched alkanes of at least 4 members (excludes halogenated alkanes) is 2. The van der Waals surface area contributed by atoms with Crippen LogP contribution in [0.3, 0.4) is 0 Å². The first-order chi connectivity index (χ1) is 10.7. The molecule has 1 aromatic heterocycles. The van der Waals surface area contributed by atoms with Crippen molar-refractivity contribution in [2.24, 2.45) is 0 Å². The first-order valence-corrected chi connectivity index (χ1v) is 8.03. The quantitative estimate of drug-likeness (QED) is 0.747. The van der Waals surface area contributed by atoms with Gasteiger partial charge in [0, 0.05) is 26.2 Å². The lowest BCUT2D eigenvalue weighted by molar-refractivity contribution is 0.741. The lowest BCUT2D eigenvalue weighted by Crippen LogP contribution is -2.19. The van der Waals surface area contributed by atoms with Crippen LogP contribution < -0.4 is 10.2 Å². The van der Waals surface area contributed by atoms with E-state index in [0.29, 0.717) is 0 Å². The van der Waals surface area contributed by atoms with Crippen molar-refractivity contribution in [2.45, 2.75) is 39.7 Å². The molecule has 0 radical (unpaired) electrons. The summed E-state index contributed by atoms with van der Waals surface area (Å²) >= 11 is 0. The predicted molar refractivity (Wildman–Crippen MR) is 93.3 cm³/mol. The number of aryl methyl sites for hydroxylation is 1. The highest BCUT2D eigenvalue weighted by atomic mass is 15.2. The van der Waals surface area contributed by atoms with Crippen molar-refractivity contribution in [1.82, 2.24) is 9.97 Å². The van der Waals surface area contributed by atoms with Crippen molar-refractivity contribution in [1.29, 1.82) is 0 Å². The highest BCUT2D eigenvalue weighted by molar-refractivity contribution is 5.49. The summed E-state index contributed by atoms with van der Waals surface area (Å²) < 4.78 is 0. The van der Waals surface area contributed by atoms with Gasteiger partial charge in [0.25, 0.3) is 0 Å². The smallest absolute Gasteiger partial charge is 0.134 e. The van der Waals surface area contributed by atoms with Crippen LogP contribution in [0.1, 0.15) is 37.6 Å². The molecule has 1 heterocycles. The Balaban J connectivity index is 2.01. The Labute approximate surface area is 133 Å². The Kier molecular flexibility index (Phi) is 6.19. The molecule has 0 aliphatic heterocycles. The van der Waals surface area contributed by atoms with Gasteiger partial charge in [0.15, 0.2) is 0 Å². The third kappa shape index (κ3) is 5.02. The number of nitrogens with zero attached hydrogens (tertiary/aromatic N) is 3. The van der Waals surface area contributed by atoms with E-state index in [4.69, 9.17) is 0 Å². The number of benzene rings is 1. The monoisotopic (exact) mass is 298 g/mol. The van der Waals surface area contributed by atoms with Crippen molar-refractivity contribution in [3.05, 3.63) is 47.8 Å². The van der Waals surface area contributed by atoms with E-state index in [1.165, 1.54) is 24.8 Å². The van der Waals surface area contributed by atoms with E-state index in [9.17, 15) is 0 Å². The van der Waals surface area contributed by atoms with Crippen molar-refractivity contribution < 1.29 is 0 Å². The maximum absolute atomic E-state index is 4.55. The molecule has 0 spiro atoms. The summed E-state index contributed by atoms with van der Waals surface area (Å²) in [6, 6.07) is 12.5. The molecular formula is C18H26N4. The van der Waals surface area contributed by atoms with Gasteiger partial charge in [-0.05, 0) is 18.9 Å². The molecule has 4 heteroatoms. The van der Waals surface area contributed by atoms with E-state index in [1.54, 1.807) is 0 Å². The topological polar surface area (TPSA) is 41.0 Å². The number of hydrogen-bond donors (Lipinski definition) is 1. The summed E-state index contributed by atoms with van der Waals surface area (Å²) in [5, 5.41) is 3.40. The predicted octanol–water partition coefficient (Wildman–Crippen LogP) is 4.02. The van der Waals surface area contributed by atoms with Crippen LogP contribution in [-0.4, -0.2) is 23.6 Å². The largest absolute Gasteiger partial charge is 0.370 e. The van der Waals surface area contributed by atoms with Crippen LogP contribution in [0.2, 0.25) is 0 Å². The molecule has 118 valence electrons. The summed E-state index contributed by atoms with van der Waals surface area (Å²) in [5.41, 5.74) is 1.28. The summed E-state index contributed by atoms with van der Waals surface area (Å²) in [6.07, 6.45) is 3.65. The molecule has 1 N–H and O–H groups in total. The van der Waals surface area contributed by atoms with Crippen LogP contribution in [0.4, 0.5) is 11.6 Å². The molecule has 0 atom stereocenters. The first kappa shape index (κ1) is 16.3. The lowest BCUT2D eigenvalue weighted by Gasteiger charge is -2.19. The molecule has 0 saturated carbocycles. The third-order valence-electron chi connectivity index (χ3n) is 3.56. The maximum Gasteiger partial charge on any atom is 0.134 e. The van der Waals surface area contributed by atoms with Crippen molar-refractivity contribution in [3.8, 4) is 0 Å². The van der Waals surface area contributed by atoms with E-state index in [-0.39, 0.29) is 0 Å². The third-order valence-corrected chi connectivity index (χ3v) is 3.56. The molecule has 1 aromatic carbocycles. The van der Waals surface area contributed by atoms with Crippen molar-refractivity contribution >= 4 is 11.6 Å². The Morgan fingerprint density at radius 3 is 2.59 bits per heavy atom. The van der Waals surface area contributed by atoms with Crippen LogP contribution in [0, 0.1) is 6.92 Å². The van der Waals surface area contributed by atoms with E-state index in [2.05, 4.69) is 58.4 Å². The molecule has 0 aliphatic carbocycles. The van der Waals surface area contributed by atoms with Gasteiger partial charge < -0.3 is 10.2 Å². The average molecular weight is 298 g/mol. The summed E-state index contributed by atoms with van der Waals surface area (Å²) in [5.74, 6) is 2.67. The van der Waals surface area contributed by atoms with Gasteiger partial charge in [-0.25, -0.2) is 9.97 Å². The van der Waals surface area contributed by atoms with Gasteiger partial charge in [0.1, 0.15) is 17.5 Å². The SMILES string of the molecule is CCCCCNc1cc(N(C)Cc2ccccc2)nc(C)n1. The molecule has 2 rings (SSSR count). The first-order valence-electron chi connectivity index (χ1n) is 8.03. The second kappa shape index (κ2) is 8.37. The second-order valence-corrected chi connectivity index (χ2v) is 5.63. The van der Waals surface area contributed by atoms with Gasteiger partial charge in [-0.15, -0.1) is 0 Å². The zero-order chi connectivity index (χ0) is 15.8. The summed E-state index contributed by atoms with van der Waals surface area (Å²) in [6.45, 7) is 5.96. The molecule has 0 saturated heterocycles. The minimum atomic E-state index is 0.801. The number of nitrogens with one attached hydrogen (secondary N) is 1. The zero-order valence-electron chi connectivity index (χ0n) is 13.8. The average Bonchev–Trinajstić information content (AvgIpc) is 2.52. The maximum atomic E-state index is 4.55. The van der Waals surface area contributed by atoms with Crippen LogP contribution in [0.5, 0.6) is 0 Å². The van der Waals surface area contributed by atoms with Crippen molar-refractivity contribution in [2.75, 3.05) is 23.8 Å². The number of hydrogen-bond acceptors (Lipinski definition) is 4. The van der Waals surface area contributed by atoms with Crippen LogP contribution in [0.25, 0.3) is 0 Å². The molecule has 0 unspecified atom stereocenters. The van der Waals surface area contributed by atoms with E-state index < -0.39 is 0 Å². The molecular weight excluding hydrogens is 272 g/mol. The minimum Gasteiger partial charge on any atom is -0.370 e.